The number of amides is 1. The van der Waals surface area contributed by atoms with E-state index in [2.05, 4.69) is 6.92 Å². The predicted octanol–water partition coefficient (Wildman–Crippen LogP) is 1.85. The molecular formula is C11H21NO2. The van der Waals surface area contributed by atoms with Crippen molar-refractivity contribution in [3.8, 4) is 0 Å². The Morgan fingerprint density at radius 2 is 1.86 bits per heavy atom. The molecule has 82 valence electrons. The zero-order valence-corrected chi connectivity index (χ0v) is 9.00. The zero-order chi connectivity index (χ0) is 10.4. The molecule has 1 aliphatic heterocycles. The van der Waals surface area contributed by atoms with E-state index in [9.17, 15) is 4.79 Å². The second-order valence-electron chi connectivity index (χ2n) is 4.29. The maximum absolute atomic E-state index is 10.3. The number of carbonyl (C=O) groups excluding carboxylic acids is 1. The minimum atomic E-state index is -0.331. The van der Waals surface area contributed by atoms with Crippen LogP contribution in [0, 0.1) is 5.92 Å². The van der Waals surface area contributed by atoms with Gasteiger partial charge < -0.3 is 10.5 Å². The van der Waals surface area contributed by atoms with Crippen molar-refractivity contribution in [1.29, 1.82) is 0 Å². The molecule has 0 aromatic rings. The number of primary amides is 1. The number of ether oxygens (including phenoxy) is 1. The number of rotatable bonds is 1. The highest BCUT2D eigenvalue weighted by molar-refractivity contribution is 5.78. The minimum absolute atomic E-state index is 0.296. The van der Waals surface area contributed by atoms with Crippen molar-refractivity contribution >= 4 is 5.91 Å². The smallest absolute Gasteiger partial charge is 0.246 e. The average molecular weight is 199 g/mol. The Morgan fingerprint density at radius 3 is 2.07 bits per heavy atom. The molecule has 0 radical (unpaired) electrons. The van der Waals surface area contributed by atoms with Crippen LogP contribution in [0.5, 0.6) is 0 Å². The summed E-state index contributed by atoms with van der Waals surface area (Å²) in [6, 6.07) is 0. The van der Waals surface area contributed by atoms with Gasteiger partial charge in [0.05, 0.1) is 0 Å². The van der Waals surface area contributed by atoms with Crippen LogP contribution in [0.3, 0.4) is 0 Å². The van der Waals surface area contributed by atoms with Crippen molar-refractivity contribution in [2.24, 2.45) is 11.7 Å². The van der Waals surface area contributed by atoms with Crippen LogP contribution in [-0.4, -0.2) is 18.6 Å². The van der Waals surface area contributed by atoms with Crippen LogP contribution < -0.4 is 5.73 Å². The van der Waals surface area contributed by atoms with Crippen LogP contribution in [-0.2, 0) is 9.53 Å². The highest BCUT2D eigenvalue weighted by atomic mass is 16.5. The number of nitrogens with two attached hydrogens (primary N) is 1. The molecule has 2 N–H and O–H groups in total. The summed E-state index contributed by atoms with van der Waals surface area (Å²) in [5, 5.41) is 0. The molecule has 2 fully saturated rings. The Balaban J connectivity index is 0.000000146. The molecule has 3 nitrogen and oxygen atoms in total. The van der Waals surface area contributed by atoms with E-state index >= 15 is 0 Å². The maximum atomic E-state index is 10.3. The van der Waals surface area contributed by atoms with E-state index in [0.29, 0.717) is 6.61 Å². The van der Waals surface area contributed by atoms with E-state index in [0.717, 1.165) is 18.8 Å². The standard InChI is InChI=1S/C6H12.C5H9NO2/c1-6-4-2-3-5-6;6-5(7)4-2-1-3-8-4/h6H,2-5H2,1H3;4H,1-3H2,(H2,6,7). The Morgan fingerprint density at radius 1 is 1.21 bits per heavy atom. The molecule has 1 saturated carbocycles. The van der Waals surface area contributed by atoms with Gasteiger partial charge in [-0.15, -0.1) is 0 Å². The second kappa shape index (κ2) is 6.02. The predicted molar refractivity (Wildman–Crippen MR) is 55.8 cm³/mol. The van der Waals surface area contributed by atoms with Crippen LogP contribution in [0.25, 0.3) is 0 Å². The molecule has 1 heterocycles. The fraction of sp³-hybridized carbons (Fsp3) is 0.909. The summed E-state index contributed by atoms with van der Waals surface area (Å²) >= 11 is 0. The van der Waals surface area contributed by atoms with Gasteiger partial charge in [-0.2, -0.15) is 0 Å². The third-order valence-electron chi connectivity index (χ3n) is 2.89. The first kappa shape index (κ1) is 11.5. The second-order valence-corrected chi connectivity index (χ2v) is 4.29. The fourth-order valence-corrected chi connectivity index (χ4v) is 1.93. The molecule has 1 aliphatic carbocycles. The number of hydrogen-bond acceptors (Lipinski definition) is 2. The van der Waals surface area contributed by atoms with Gasteiger partial charge in [0.2, 0.25) is 5.91 Å². The van der Waals surface area contributed by atoms with Gasteiger partial charge in [-0.3, -0.25) is 4.79 Å². The lowest BCUT2D eigenvalue weighted by Crippen LogP contribution is -2.27. The van der Waals surface area contributed by atoms with Crippen molar-refractivity contribution < 1.29 is 9.53 Å². The van der Waals surface area contributed by atoms with E-state index < -0.39 is 0 Å². The largest absolute Gasteiger partial charge is 0.368 e. The molecule has 1 amide bonds. The maximum Gasteiger partial charge on any atom is 0.246 e. The van der Waals surface area contributed by atoms with Crippen LogP contribution in [0.4, 0.5) is 0 Å². The Bertz CT molecular complexity index is 170. The van der Waals surface area contributed by atoms with Gasteiger partial charge in [0.1, 0.15) is 6.10 Å². The molecule has 1 saturated heterocycles. The topological polar surface area (TPSA) is 52.3 Å². The normalized spacial score (nSPS) is 27.1. The molecule has 14 heavy (non-hydrogen) atoms. The fourth-order valence-electron chi connectivity index (χ4n) is 1.93. The van der Waals surface area contributed by atoms with E-state index in [1.54, 1.807) is 0 Å². The molecule has 0 spiro atoms. The van der Waals surface area contributed by atoms with Gasteiger partial charge in [-0.1, -0.05) is 32.6 Å². The van der Waals surface area contributed by atoms with Crippen molar-refractivity contribution in [3.63, 3.8) is 0 Å². The third kappa shape index (κ3) is 4.09. The van der Waals surface area contributed by atoms with E-state index in [4.69, 9.17) is 10.5 Å². The summed E-state index contributed by atoms with van der Waals surface area (Å²) in [4.78, 5) is 10.3. The Labute approximate surface area is 86.0 Å². The van der Waals surface area contributed by atoms with Crippen molar-refractivity contribution in [2.75, 3.05) is 6.61 Å². The average Bonchev–Trinajstić information content (AvgIpc) is 2.75. The number of hydrogen-bond donors (Lipinski definition) is 1. The molecule has 1 unspecified atom stereocenters. The lowest BCUT2D eigenvalue weighted by Gasteiger charge is -2.00. The van der Waals surface area contributed by atoms with Crippen molar-refractivity contribution in [1.82, 2.24) is 0 Å². The van der Waals surface area contributed by atoms with Crippen LogP contribution >= 0.6 is 0 Å². The number of carbonyl (C=O) groups is 1. The first-order valence-electron chi connectivity index (χ1n) is 5.61. The van der Waals surface area contributed by atoms with Gasteiger partial charge in [0.15, 0.2) is 0 Å². The summed E-state index contributed by atoms with van der Waals surface area (Å²) in [5.74, 6) is 0.715. The molecular weight excluding hydrogens is 178 g/mol. The van der Waals surface area contributed by atoms with Crippen molar-refractivity contribution in [3.05, 3.63) is 0 Å². The molecule has 3 heteroatoms. The van der Waals surface area contributed by atoms with Gasteiger partial charge in [-0.25, -0.2) is 0 Å². The first-order valence-corrected chi connectivity index (χ1v) is 5.61. The lowest BCUT2D eigenvalue weighted by molar-refractivity contribution is -0.126. The monoisotopic (exact) mass is 199 g/mol. The molecule has 0 bridgehead atoms. The summed E-state index contributed by atoms with van der Waals surface area (Å²) in [6.07, 6.45) is 7.42. The summed E-state index contributed by atoms with van der Waals surface area (Å²) in [6.45, 7) is 3.03. The quantitative estimate of drug-likeness (QED) is 0.700. The summed E-state index contributed by atoms with van der Waals surface area (Å²) in [7, 11) is 0. The Hall–Kier alpha value is -0.570. The Kier molecular flexibility index (Phi) is 4.94. The van der Waals surface area contributed by atoms with Crippen molar-refractivity contribution in [2.45, 2.75) is 51.6 Å². The molecule has 1 atom stereocenters. The van der Waals surface area contributed by atoms with E-state index in [1.165, 1.54) is 25.7 Å². The first-order chi connectivity index (χ1) is 6.70. The molecule has 0 aromatic heterocycles. The van der Waals surface area contributed by atoms with Gasteiger partial charge in [0, 0.05) is 6.61 Å². The van der Waals surface area contributed by atoms with Crippen LogP contribution in [0.2, 0.25) is 0 Å². The third-order valence-corrected chi connectivity index (χ3v) is 2.89. The lowest BCUT2D eigenvalue weighted by atomic mass is 10.2. The molecule has 2 rings (SSSR count). The summed E-state index contributed by atoms with van der Waals surface area (Å²) in [5.41, 5.74) is 4.93. The van der Waals surface area contributed by atoms with E-state index in [1.807, 2.05) is 0 Å². The van der Waals surface area contributed by atoms with Crippen LogP contribution in [0.1, 0.15) is 45.4 Å². The molecule has 0 aromatic carbocycles. The zero-order valence-electron chi connectivity index (χ0n) is 9.00. The van der Waals surface area contributed by atoms with E-state index in [-0.39, 0.29) is 12.0 Å². The van der Waals surface area contributed by atoms with Gasteiger partial charge in [0.25, 0.3) is 0 Å². The molecule has 2 aliphatic rings. The minimum Gasteiger partial charge on any atom is -0.368 e. The highest BCUT2D eigenvalue weighted by Gasteiger charge is 2.19. The van der Waals surface area contributed by atoms with Gasteiger partial charge >= 0.3 is 0 Å². The summed E-state index contributed by atoms with van der Waals surface area (Å²) < 4.78 is 4.94. The SMILES string of the molecule is CC1CCCC1.NC(=O)C1CCCO1. The van der Waals surface area contributed by atoms with Gasteiger partial charge in [-0.05, 0) is 18.8 Å². The highest BCUT2D eigenvalue weighted by Crippen LogP contribution is 2.22. The van der Waals surface area contributed by atoms with Crippen LogP contribution in [0.15, 0.2) is 0 Å².